The van der Waals surface area contributed by atoms with Crippen LogP contribution < -0.4 is 10.1 Å². The van der Waals surface area contributed by atoms with Gasteiger partial charge in [-0.25, -0.2) is 4.79 Å². The molecular weight excluding hydrogens is 306 g/mol. The van der Waals surface area contributed by atoms with Gasteiger partial charge in [-0.15, -0.1) is 0 Å². The van der Waals surface area contributed by atoms with Gasteiger partial charge in [0.2, 0.25) is 5.91 Å². The van der Waals surface area contributed by atoms with E-state index in [1.807, 2.05) is 24.3 Å². The number of aryl methyl sites for hydroxylation is 1. The van der Waals surface area contributed by atoms with Crippen LogP contribution in [0.25, 0.3) is 0 Å². The third-order valence-corrected chi connectivity index (χ3v) is 3.78. The summed E-state index contributed by atoms with van der Waals surface area (Å²) in [7, 11) is 1.62. The number of carbonyl (C=O) groups excluding carboxylic acids is 1. The van der Waals surface area contributed by atoms with Gasteiger partial charge in [0, 0.05) is 13.0 Å². The van der Waals surface area contributed by atoms with E-state index in [0.29, 0.717) is 24.9 Å². The van der Waals surface area contributed by atoms with E-state index in [0.717, 1.165) is 11.3 Å². The molecule has 0 aliphatic carbocycles. The van der Waals surface area contributed by atoms with E-state index >= 15 is 0 Å². The first-order valence-electron chi connectivity index (χ1n) is 7.81. The summed E-state index contributed by atoms with van der Waals surface area (Å²) < 4.78 is 5.28. The predicted molar refractivity (Wildman–Crippen MR) is 91.4 cm³/mol. The molecule has 2 aromatic rings. The highest BCUT2D eigenvalue weighted by atomic mass is 16.5. The Morgan fingerprint density at radius 2 is 1.67 bits per heavy atom. The van der Waals surface area contributed by atoms with Gasteiger partial charge in [0.15, 0.2) is 0 Å². The first-order chi connectivity index (χ1) is 11.6. The standard InChI is InChI=1S/C19H21NO4/c1-24-17-9-5-3-7-15(17)12-13-20-18(21)11-10-14-6-2-4-8-16(14)19(22)23/h2-9H,10-13H2,1H3,(H,20,21)(H,22,23). The molecule has 24 heavy (non-hydrogen) atoms. The molecule has 0 bridgehead atoms. The second kappa shape index (κ2) is 8.72. The van der Waals surface area contributed by atoms with E-state index < -0.39 is 5.97 Å². The van der Waals surface area contributed by atoms with Gasteiger partial charge in [-0.3, -0.25) is 4.79 Å². The smallest absolute Gasteiger partial charge is 0.335 e. The van der Waals surface area contributed by atoms with Gasteiger partial charge in [-0.1, -0.05) is 36.4 Å². The zero-order valence-electron chi connectivity index (χ0n) is 13.6. The van der Waals surface area contributed by atoms with Crippen LogP contribution in [0.1, 0.15) is 27.9 Å². The molecule has 0 saturated carbocycles. The number of carbonyl (C=O) groups is 2. The van der Waals surface area contributed by atoms with Crippen LogP contribution in [0.2, 0.25) is 0 Å². The molecule has 5 nitrogen and oxygen atoms in total. The fraction of sp³-hybridized carbons (Fsp3) is 0.263. The molecule has 0 unspecified atom stereocenters. The summed E-state index contributed by atoms with van der Waals surface area (Å²) >= 11 is 0. The number of hydrogen-bond acceptors (Lipinski definition) is 3. The highest BCUT2D eigenvalue weighted by Crippen LogP contribution is 2.17. The predicted octanol–water partition coefficient (Wildman–Crippen LogP) is 2.68. The summed E-state index contributed by atoms with van der Waals surface area (Å²) in [5, 5.41) is 12.0. The van der Waals surface area contributed by atoms with Crippen molar-refractivity contribution in [3.63, 3.8) is 0 Å². The molecule has 0 saturated heterocycles. The van der Waals surface area contributed by atoms with E-state index in [2.05, 4.69) is 5.32 Å². The first-order valence-corrected chi connectivity index (χ1v) is 7.81. The number of amides is 1. The zero-order chi connectivity index (χ0) is 17.4. The Kier molecular flexibility index (Phi) is 6.37. The Morgan fingerprint density at radius 3 is 2.38 bits per heavy atom. The first kappa shape index (κ1) is 17.5. The fourth-order valence-electron chi connectivity index (χ4n) is 2.53. The van der Waals surface area contributed by atoms with Crippen LogP contribution in [-0.2, 0) is 17.6 Å². The molecule has 5 heteroatoms. The second-order valence-electron chi connectivity index (χ2n) is 5.37. The molecule has 2 N–H and O–H groups in total. The Balaban J connectivity index is 1.81. The minimum Gasteiger partial charge on any atom is -0.496 e. The number of rotatable bonds is 8. The molecule has 0 fully saturated rings. The summed E-state index contributed by atoms with van der Waals surface area (Å²) in [6.07, 6.45) is 1.35. The number of aromatic carboxylic acids is 1. The van der Waals surface area contributed by atoms with Crippen LogP contribution >= 0.6 is 0 Å². The quantitative estimate of drug-likeness (QED) is 0.781. The number of methoxy groups -OCH3 is 1. The lowest BCUT2D eigenvalue weighted by atomic mass is 10.0. The highest BCUT2D eigenvalue weighted by Gasteiger charge is 2.10. The number of benzene rings is 2. The minimum absolute atomic E-state index is 0.0925. The van der Waals surface area contributed by atoms with E-state index in [4.69, 9.17) is 9.84 Å². The minimum atomic E-state index is -0.970. The zero-order valence-corrected chi connectivity index (χ0v) is 13.6. The molecule has 0 heterocycles. The topological polar surface area (TPSA) is 75.6 Å². The van der Waals surface area contributed by atoms with Crippen molar-refractivity contribution in [1.82, 2.24) is 5.32 Å². The maximum Gasteiger partial charge on any atom is 0.335 e. The van der Waals surface area contributed by atoms with E-state index in [1.54, 1.807) is 31.4 Å². The summed E-state index contributed by atoms with van der Waals surface area (Å²) in [5.41, 5.74) is 1.96. The van der Waals surface area contributed by atoms with Crippen molar-refractivity contribution in [2.24, 2.45) is 0 Å². The lowest BCUT2D eigenvalue weighted by Gasteiger charge is -2.09. The number of carboxylic acid groups (broad SMARTS) is 1. The van der Waals surface area contributed by atoms with Crippen molar-refractivity contribution in [1.29, 1.82) is 0 Å². The Bertz CT molecular complexity index is 712. The van der Waals surface area contributed by atoms with Crippen LogP contribution in [-0.4, -0.2) is 30.6 Å². The number of ether oxygens (including phenoxy) is 1. The molecule has 0 aliphatic rings. The van der Waals surface area contributed by atoms with Crippen molar-refractivity contribution in [3.05, 3.63) is 65.2 Å². The fourth-order valence-corrected chi connectivity index (χ4v) is 2.53. The van der Waals surface area contributed by atoms with E-state index in [9.17, 15) is 9.59 Å². The highest BCUT2D eigenvalue weighted by molar-refractivity contribution is 5.89. The lowest BCUT2D eigenvalue weighted by Crippen LogP contribution is -2.26. The van der Waals surface area contributed by atoms with Crippen LogP contribution in [0.5, 0.6) is 5.75 Å². The lowest BCUT2D eigenvalue weighted by molar-refractivity contribution is -0.121. The number of nitrogens with one attached hydrogen (secondary N) is 1. The number of para-hydroxylation sites is 1. The van der Waals surface area contributed by atoms with Crippen molar-refractivity contribution in [2.45, 2.75) is 19.3 Å². The maximum atomic E-state index is 12.0. The van der Waals surface area contributed by atoms with E-state index in [1.165, 1.54) is 0 Å². The monoisotopic (exact) mass is 327 g/mol. The Labute approximate surface area is 141 Å². The van der Waals surface area contributed by atoms with Crippen molar-refractivity contribution < 1.29 is 19.4 Å². The molecule has 0 aromatic heterocycles. The number of carboxylic acids is 1. The maximum absolute atomic E-state index is 12.0. The van der Waals surface area contributed by atoms with Gasteiger partial charge < -0.3 is 15.2 Å². The number of hydrogen-bond donors (Lipinski definition) is 2. The molecular formula is C19H21NO4. The van der Waals surface area contributed by atoms with Crippen molar-refractivity contribution in [3.8, 4) is 5.75 Å². The largest absolute Gasteiger partial charge is 0.496 e. The van der Waals surface area contributed by atoms with Gasteiger partial charge in [0.1, 0.15) is 5.75 Å². The molecule has 2 rings (SSSR count). The third kappa shape index (κ3) is 4.84. The molecule has 0 radical (unpaired) electrons. The van der Waals surface area contributed by atoms with Crippen LogP contribution in [0.3, 0.4) is 0 Å². The van der Waals surface area contributed by atoms with Crippen LogP contribution in [0.4, 0.5) is 0 Å². The summed E-state index contributed by atoms with van der Waals surface area (Å²) in [6, 6.07) is 14.4. The van der Waals surface area contributed by atoms with Crippen molar-refractivity contribution in [2.75, 3.05) is 13.7 Å². The molecule has 0 atom stereocenters. The average molecular weight is 327 g/mol. The molecule has 1 amide bonds. The van der Waals surface area contributed by atoms with Gasteiger partial charge >= 0.3 is 5.97 Å². The van der Waals surface area contributed by atoms with Gasteiger partial charge in [-0.05, 0) is 36.1 Å². The third-order valence-electron chi connectivity index (χ3n) is 3.78. The van der Waals surface area contributed by atoms with Gasteiger partial charge in [0.25, 0.3) is 0 Å². The molecule has 126 valence electrons. The molecule has 2 aromatic carbocycles. The average Bonchev–Trinajstić information content (AvgIpc) is 2.60. The normalized spacial score (nSPS) is 10.2. The second-order valence-corrected chi connectivity index (χ2v) is 5.37. The van der Waals surface area contributed by atoms with Crippen LogP contribution in [0.15, 0.2) is 48.5 Å². The van der Waals surface area contributed by atoms with Gasteiger partial charge in [0.05, 0.1) is 12.7 Å². The Morgan fingerprint density at radius 1 is 1.00 bits per heavy atom. The molecule has 0 aliphatic heterocycles. The Hall–Kier alpha value is -2.82. The molecule has 0 spiro atoms. The van der Waals surface area contributed by atoms with E-state index in [-0.39, 0.29) is 17.9 Å². The van der Waals surface area contributed by atoms with Crippen LogP contribution in [0, 0.1) is 0 Å². The van der Waals surface area contributed by atoms with Gasteiger partial charge in [-0.2, -0.15) is 0 Å². The SMILES string of the molecule is COc1ccccc1CCNC(=O)CCc1ccccc1C(=O)O. The summed E-state index contributed by atoms with van der Waals surface area (Å²) in [4.78, 5) is 23.1. The summed E-state index contributed by atoms with van der Waals surface area (Å²) in [6.45, 7) is 0.514. The van der Waals surface area contributed by atoms with Crippen molar-refractivity contribution >= 4 is 11.9 Å². The summed E-state index contributed by atoms with van der Waals surface area (Å²) in [5.74, 6) is -0.255.